The number of carbonyl (C=O) groups is 2. The summed E-state index contributed by atoms with van der Waals surface area (Å²) in [7, 11) is 0. The van der Waals surface area contributed by atoms with Crippen LogP contribution in [0.3, 0.4) is 0 Å². The summed E-state index contributed by atoms with van der Waals surface area (Å²) in [5, 5.41) is 9.38. The smallest absolute Gasteiger partial charge is 0.193 e. The summed E-state index contributed by atoms with van der Waals surface area (Å²) in [5.74, 6) is -0.399. The third-order valence-corrected chi connectivity index (χ3v) is 5.12. The molecule has 138 valence electrons. The molecule has 0 amide bonds. The molecule has 3 rings (SSSR count). The van der Waals surface area contributed by atoms with Crippen molar-refractivity contribution >= 4 is 11.6 Å². The fraction of sp³-hybridized carbons (Fsp3) is 0.160. The van der Waals surface area contributed by atoms with Crippen LogP contribution in [0.2, 0.25) is 0 Å². The minimum Gasteiger partial charge on any atom is -0.289 e. The van der Waals surface area contributed by atoms with E-state index in [1.807, 2.05) is 52.0 Å². The standard InChI is InChI=1S/C25H21NO2/c1-15-5-7-20(9-17(15)3)24(27)22-11-19(14-26)12-23(13-22)25(28)21-8-6-16(2)18(4)10-21/h5-13H,1-4H3. The number of carbonyl (C=O) groups excluding carboxylic acids is 2. The van der Waals surface area contributed by atoms with Gasteiger partial charge in [0.2, 0.25) is 0 Å². The van der Waals surface area contributed by atoms with Crippen LogP contribution in [0.15, 0.2) is 54.6 Å². The highest BCUT2D eigenvalue weighted by Crippen LogP contribution is 2.20. The molecular formula is C25H21NO2. The number of hydrogen-bond donors (Lipinski definition) is 0. The van der Waals surface area contributed by atoms with Crippen LogP contribution in [0, 0.1) is 39.0 Å². The quantitative estimate of drug-likeness (QED) is 0.592. The van der Waals surface area contributed by atoms with Crippen LogP contribution in [0.5, 0.6) is 0 Å². The van der Waals surface area contributed by atoms with Gasteiger partial charge in [0, 0.05) is 22.3 Å². The van der Waals surface area contributed by atoms with Gasteiger partial charge in [0.15, 0.2) is 11.6 Å². The molecule has 0 aromatic heterocycles. The lowest BCUT2D eigenvalue weighted by molar-refractivity contribution is 0.103. The van der Waals surface area contributed by atoms with Crippen molar-refractivity contribution in [3.63, 3.8) is 0 Å². The Kier molecular flexibility index (Phi) is 5.24. The number of nitriles is 1. The number of ketones is 2. The van der Waals surface area contributed by atoms with Gasteiger partial charge >= 0.3 is 0 Å². The molecule has 28 heavy (non-hydrogen) atoms. The molecule has 0 heterocycles. The van der Waals surface area contributed by atoms with E-state index >= 15 is 0 Å². The summed E-state index contributed by atoms with van der Waals surface area (Å²) in [5.41, 5.74) is 6.32. The summed E-state index contributed by atoms with van der Waals surface area (Å²) >= 11 is 0. The lowest BCUT2D eigenvalue weighted by atomic mass is 9.93. The van der Waals surface area contributed by atoms with E-state index in [0.717, 1.165) is 22.3 Å². The van der Waals surface area contributed by atoms with Gasteiger partial charge < -0.3 is 0 Å². The third-order valence-electron chi connectivity index (χ3n) is 5.12. The van der Waals surface area contributed by atoms with Crippen molar-refractivity contribution in [3.05, 3.63) is 105 Å². The zero-order chi connectivity index (χ0) is 20.4. The third kappa shape index (κ3) is 3.77. The van der Waals surface area contributed by atoms with E-state index in [2.05, 4.69) is 6.07 Å². The van der Waals surface area contributed by atoms with E-state index < -0.39 is 0 Å². The fourth-order valence-electron chi connectivity index (χ4n) is 3.05. The zero-order valence-corrected chi connectivity index (χ0v) is 16.5. The Morgan fingerprint density at radius 1 is 0.607 bits per heavy atom. The number of hydrogen-bond acceptors (Lipinski definition) is 3. The topological polar surface area (TPSA) is 57.9 Å². The van der Waals surface area contributed by atoms with Crippen molar-refractivity contribution in [3.8, 4) is 6.07 Å². The maximum atomic E-state index is 13.0. The summed E-state index contributed by atoms with van der Waals surface area (Å²) < 4.78 is 0. The normalized spacial score (nSPS) is 10.4. The van der Waals surface area contributed by atoms with Crippen LogP contribution in [-0.4, -0.2) is 11.6 Å². The lowest BCUT2D eigenvalue weighted by Gasteiger charge is -2.09. The van der Waals surface area contributed by atoms with Crippen LogP contribution >= 0.6 is 0 Å². The first-order chi connectivity index (χ1) is 13.3. The van der Waals surface area contributed by atoms with Gasteiger partial charge in [-0.3, -0.25) is 9.59 Å². The maximum Gasteiger partial charge on any atom is 0.193 e. The van der Waals surface area contributed by atoms with Crippen molar-refractivity contribution in [2.24, 2.45) is 0 Å². The molecule has 3 heteroatoms. The molecular weight excluding hydrogens is 346 g/mol. The van der Waals surface area contributed by atoms with Gasteiger partial charge in [0.05, 0.1) is 11.6 Å². The maximum absolute atomic E-state index is 13.0. The molecule has 0 aliphatic rings. The molecule has 0 spiro atoms. The molecule has 3 nitrogen and oxygen atoms in total. The number of rotatable bonds is 4. The SMILES string of the molecule is Cc1ccc(C(=O)c2cc(C#N)cc(C(=O)c3ccc(C)c(C)c3)c2)cc1C. The highest BCUT2D eigenvalue weighted by Gasteiger charge is 2.17. The Labute approximate surface area is 165 Å². The van der Waals surface area contributed by atoms with Crippen LogP contribution in [0.1, 0.15) is 59.7 Å². The average Bonchev–Trinajstić information content (AvgIpc) is 2.70. The minimum atomic E-state index is -0.200. The summed E-state index contributed by atoms with van der Waals surface area (Å²) in [4.78, 5) is 25.9. The van der Waals surface area contributed by atoms with Crippen molar-refractivity contribution in [1.29, 1.82) is 5.26 Å². The van der Waals surface area contributed by atoms with Crippen molar-refractivity contribution in [1.82, 2.24) is 0 Å². The van der Waals surface area contributed by atoms with Gasteiger partial charge in [-0.2, -0.15) is 5.26 Å². The van der Waals surface area contributed by atoms with Crippen molar-refractivity contribution in [2.45, 2.75) is 27.7 Å². The van der Waals surface area contributed by atoms with Crippen LogP contribution in [0.4, 0.5) is 0 Å². The Balaban J connectivity index is 2.05. The molecule has 3 aromatic carbocycles. The monoisotopic (exact) mass is 367 g/mol. The number of nitrogens with zero attached hydrogens (tertiary/aromatic N) is 1. The largest absolute Gasteiger partial charge is 0.289 e. The van der Waals surface area contributed by atoms with Crippen LogP contribution < -0.4 is 0 Å². The molecule has 0 fully saturated rings. The highest BCUT2D eigenvalue weighted by molar-refractivity contribution is 6.13. The first-order valence-corrected chi connectivity index (χ1v) is 9.09. The second kappa shape index (κ2) is 7.62. The average molecular weight is 367 g/mol. The second-order valence-electron chi connectivity index (χ2n) is 7.17. The van der Waals surface area contributed by atoms with Crippen LogP contribution in [-0.2, 0) is 0 Å². The van der Waals surface area contributed by atoms with Gasteiger partial charge in [-0.15, -0.1) is 0 Å². The molecule has 0 saturated carbocycles. The van der Waals surface area contributed by atoms with Gasteiger partial charge in [-0.1, -0.05) is 24.3 Å². The molecule has 0 aliphatic carbocycles. The van der Waals surface area contributed by atoms with Crippen molar-refractivity contribution < 1.29 is 9.59 Å². The fourth-order valence-corrected chi connectivity index (χ4v) is 3.05. The van der Waals surface area contributed by atoms with Crippen molar-refractivity contribution in [2.75, 3.05) is 0 Å². The predicted molar refractivity (Wildman–Crippen MR) is 110 cm³/mol. The van der Waals surface area contributed by atoms with Gasteiger partial charge in [-0.25, -0.2) is 0 Å². The molecule has 0 atom stereocenters. The van der Waals surface area contributed by atoms with Gasteiger partial charge in [0.25, 0.3) is 0 Å². The molecule has 0 aliphatic heterocycles. The minimum absolute atomic E-state index is 0.200. The zero-order valence-electron chi connectivity index (χ0n) is 16.5. The summed E-state index contributed by atoms with van der Waals surface area (Å²) in [6, 6.07) is 17.7. The second-order valence-corrected chi connectivity index (χ2v) is 7.17. The van der Waals surface area contributed by atoms with E-state index in [1.54, 1.807) is 18.2 Å². The van der Waals surface area contributed by atoms with E-state index in [4.69, 9.17) is 0 Å². The first-order valence-electron chi connectivity index (χ1n) is 9.09. The van der Waals surface area contributed by atoms with E-state index in [9.17, 15) is 14.9 Å². The summed E-state index contributed by atoms with van der Waals surface area (Å²) in [6.45, 7) is 7.87. The molecule has 0 N–H and O–H groups in total. The van der Waals surface area contributed by atoms with E-state index in [-0.39, 0.29) is 11.6 Å². The summed E-state index contributed by atoms with van der Waals surface area (Å²) in [6.07, 6.45) is 0. The molecule has 0 bridgehead atoms. The molecule has 0 unspecified atom stereocenters. The first kappa shape index (κ1) is 19.3. The Bertz CT molecular complexity index is 1070. The molecule has 3 aromatic rings. The molecule has 0 saturated heterocycles. The van der Waals surface area contributed by atoms with E-state index in [1.165, 1.54) is 12.1 Å². The predicted octanol–water partition coefficient (Wildman–Crippen LogP) is 5.25. The lowest BCUT2D eigenvalue weighted by Crippen LogP contribution is -2.08. The Hall–Kier alpha value is -3.51. The number of aryl methyl sites for hydroxylation is 4. The highest BCUT2D eigenvalue weighted by atomic mass is 16.1. The van der Waals surface area contributed by atoms with Gasteiger partial charge in [0.1, 0.15) is 0 Å². The Morgan fingerprint density at radius 2 is 1.04 bits per heavy atom. The van der Waals surface area contributed by atoms with Gasteiger partial charge in [-0.05, 0) is 80.3 Å². The molecule has 0 radical (unpaired) electrons. The Morgan fingerprint density at radius 3 is 1.39 bits per heavy atom. The number of benzene rings is 3. The van der Waals surface area contributed by atoms with E-state index in [0.29, 0.717) is 27.8 Å². The van der Waals surface area contributed by atoms with Crippen LogP contribution in [0.25, 0.3) is 0 Å².